The zero-order valence-electron chi connectivity index (χ0n) is 21.9. The van der Waals surface area contributed by atoms with E-state index >= 15 is 0 Å². The highest BCUT2D eigenvalue weighted by Gasteiger charge is 2.37. The number of hydrogen-bond acceptors (Lipinski definition) is 5. The Hall–Kier alpha value is -3.92. The van der Waals surface area contributed by atoms with Crippen LogP contribution < -0.4 is 0 Å². The molecule has 0 saturated carbocycles. The first-order valence-electron chi connectivity index (χ1n) is 13.0. The molecule has 0 amide bonds. The summed E-state index contributed by atoms with van der Waals surface area (Å²) in [4.78, 5) is 4.80. The molecule has 2 unspecified atom stereocenters. The lowest BCUT2D eigenvalue weighted by Crippen LogP contribution is -2.20. The van der Waals surface area contributed by atoms with Crippen LogP contribution >= 0.6 is 0 Å². The fourth-order valence-corrected chi connectivity index (χ4v) is 5.43. The lowest BCUT2D eigenvalue weighted by Gasteiger charge is -2.24. The van der Waals surface area contributed by atoms with Gasteiger partial charge in [0, 0.05) is 35.7 Å². The van der Waals surface area contributed by atoms with E-state index < -0.39 is 18.1 Å². The smallest absolute Gasteiger partial charge is 0.361 e. The van der Waals surface area contributed by atoms with Gasteiger partial charge in [-0.25, -0.2) is 4.68 Å². The topological polar surface area (TPSA) is 70.9 Å². The van der Waals surface area contributed by atoms with E-state index in [1.54, 1.807) is 6.20 Å². The van der Waals surface area contributed by atoms with Gasteiger partial charge in [-0.2, -0.15) is 18.3 Å². The van der Waals surface area contributed by atoms with E-state index in [4.69, 9.17) is 14.2 Å². The van der Waals surface area contributed by atoms with Gasteiger partial charge in [-0.1, -0.05) is 35.5 Å². The van der Waals surface area contributed by atoms with Gasteiger partial charge < -0.3 is 13.8 Å². The Labute approximate surface area is 223 Å². The van der Waals surface area contributed by atoms with Crippen molar-refractivity contribution in [3.8, 4) is 22.4 Å². The van der Waals surface area contributed by atoms with Crippen molar-refractivity contribution in [2.45, 2.75) is 58.5 Å². The minimum atomic E-state index is -4.59. The molecule has 5 aromatic rings. The Bertz CT molecular complexity index is 1610. The summed E-state index contributed by atoms with van der Waals surface area (Å²) >= 11 is 0. The van der Waals surface area contributed by atoms with Crippen LogP contribution in [-0.4, -0.2) is 31.1 Å². The third-order valence-corrected chi connectivity index (χ3v) is 7.42. The second-order valence-corrected chi connectivity index (χ2v) is 10.0. The van der Waals surface area contributed by atoms with Crippen molar-refractivity contribution in [3.05, 3.63) is 77.6 Å². The van der Waals surface area contributed by atoms with Crippen molar-refractivity contribution < 1.29 is 22.4 Å². The average Bonchev–Trinajstić information content (AvgIpc) is 3.64. The van der Waals surface area contributed by atoms with E-state index in [-0.39, 0.29) is 6.04 Å². The first-order chi connectivity index (χ1) is 18.7. The van der Waals surface area contributed by atoms with Crippen LogP contribution in [0.15, 0.2) is 59.4 Å². The first kappa shape index (κ1) is 25.4. The van der Waals surface area contributed by atoms with Gasteiger partial charge in [-0.15, -0.1) is 0 Å². The van der Waals surface area contributed by atoms with Crippen LogP contribution in [0.1, 0.15) is 61.2 Å². The monoisotopic (exact) mass is 535 g/mol. The number of alkyl halides is 3. The normalized spacial score (nSPS) is 17.1. The van der Waals surface area contributed by atoms with Crippen LogP contribution in [0.4, 0.5) is 13.2 Å². The maximum absolute atomic E-state index is 13.9. The molecule has 4 aromatic heterocycles. The van der Waals surface area contributed by atoms with Crippen LogP contribution in [0.3, 0.4) is 0 Å². The van der Waals surface area contributed by atoms with Crippen LogP contribution in [0.25, 0.3) is 33.4 Å². The zero-order valence-corrected chi connectivity index (χ0v) is 21.9. The average molecular weight is 536 g/mol. The number of rotatable bonds is 5. The molecule has 0 N–H and O–H groups in total. The molecule has 5 heterocycles. The molecule has 6 rings (SSSR count). The van der Waals surface area contributed by atoms with Crippen molar-refractivity contribution in [2.75, 3.05) is 6.61 Å². The molecular weight excluding hydrogens is 507 g/mol. The molecule has 1 fully saturated rings. The van der Waals surface area contributed by atoms with E-state index in [2.05, 4.69) is 21.7 Å². The highest BCUT2D eigenvalue weighted by atomic mass is 19.4. The highest BCUT2D eigenvalue weighted by molar-refractivity contribution is 5.94. The second-order valence-electron chi connectivity index (χ2n) is 10.0. The SMILES string of the molecule is Cc1noc(C)c1-c1cnc2c(-c3cc(C(F)(F)F)nn3C3CCCCO3)cn(C(C)c3ccccc3)c2c1. The number of aromatic nitrogens is 5. The van der Waals surface area contributed by atoms with Crippen molar-refractivity contribution in [2.24, 2.45) is 0 Å². The van der Waals surface area contributed by atoms with Crippen molar-refractivity contribution in [1.82, 2.24) is 24.5 Å². The predicted octanol–water partition coefficient (Wildman–Crippen LogP) is 7.50. The Kier molecular flexibility index (Phi) is 6.29. The first-order valence-corrected chi connectivity index (χ1v) is 13.0. The summed E-state index contributed by atoms with van der Waals surface area (Å²) in [7, 11) is 0. The molecule has 1 saturated heterocycles. The molecule has 10 heteroatoms. The maximum Gasteiger partial charge on any atom is 0.435 e. The molecule has 7 nitrogen and oxygen atoms in total. The number of pyridine rings is 1. The Morgan fingerprint density at radius 3 is 2.54 bits per heavy atom. The summed E-state index contributed by atoms with van der Waals surface area (Å²) in [6.45, 7) is 6.26. The maximum atomic E-state index is 13.9. The van der Waals surface area contributed by atoms with Crippen LogP contribution in [0, 0.1) is 13.8 Å². The van der Waals surface area contributed by atoms with Crippen LogP contribution in [-0.2, 0) is 10.9 Å². The largest absolute Gasteiger partial charge is 0.435 e. The van der Waals surface area contributed by atoms with Gasteiger partial charge in [-0.3, -0.25) is 4.98 Å². The lowest BCUT2D eigenvalue weighted by molar-refractivity contribution is -0.142. The van der Waals surface area contributed by atoms with Crippen molar-refractivity contribution in [3.63, 3.8) is 0 Å². The number of fused-ring (bicyclic) bond motifs is 1. The zero-order chi connectivity index (χ0) is 27.3. The molecule has 0 aliphatic carbocycles. The number of ether oxygens (including phenoxy) is 1. The summed E-state index contributed by atoms with van der Waals surface area (Å²) in [6, 6.07) is 12.9. The summed E-state index contributed by atoms with van der Waals surface area (Å²) in [6.07, 6.45) is 0.761. The molecule has 1 aromatic carbocycles. The Morgan fingerprint density at radius 1 is 1.08 bits per heavy atom. The summed E-state index contributed by atoms with van der Waals surface area (Å²) in [5, 5.41) is 8.07. The Morgan fingerprint density at radius 2 is 1.87 bits per heavy atom. The van der Waals surface area contributed by atoms with Crippen LogP contribution in [0.2, 0.25) is 0 Å². The molecule has 1 aliphatic rings. The number of aryl methyl sites for hydroxylation is 2. The quantitative estimate of drug-likeness (QED) is 0.233. The van der Waals surface area contributed by atoms with E-state index in [0.29, 0.717) is 35.6 Å². The molecule has 0 radical (unpaired) electrons. The molecule has 39 heavy (non-hydrogen) atoms. The molecular formula is C29H28F3N5O2. The van der Waals surface area contributed by atoms with Gasteiger partial charge in [0.25, 0.3) is 0 Å². The molecule has 1 aliphatic heterocycles. The van der Waals surface area contributed by atoms with Crippen molar-refractivity contribution in [1.29, 1.82) is 0 Å². The fourth-order valence-electron chi connectivity index (χ4n) is 5.43. The second kappa shape index (κ2) is 9.68. The summed E-state index contributed by atoms with van der Waals surface area (Å²) in [5.41, 5.74) is 4.79. The van der Waals surface area contributed by atoms with E-state index in [9.17, 15) is 13.2 Å². The van der Waals surface area contributed by atoms with E-state index in [1.807, 2.05) is 56.4 Å². The number of benzene rings is 1. The predicted molar refractivity (Wildman–Crippen MR) is 140 cm³/mol. The summed E-state index contributed by atoms with van der Waals surface area (Å²) < 4.78 is 56.3. The molecule has 2 atom stereocenters. The molecule has 202 valence electrons. The van der Waals surface area contributed by atoms with Gasteiger partial charge in [-0.05, 0) is 57.7 Å². The van der Waals surface area contributed by atoms with Gasteiger partial charge in [0.15, 0.2) is 11.9 Å². The van der Waals surface area contributed by atoms with Gasteiger partial charge in [0.1, 0.15) is 5.76 Å². The van der Waals surface area contributed by atoms with Gasteiger partial charge >= 0.3 is 6.18 Å². The standard InChI is InChI=1S/C29H28F3N5O2/c1-17-27(19(3)39-35-17)21-13-24-28(33-15-21)22(16-36(24)18(2)20-9-5-4-6-10-20)23-14-25(29(30,31)32)34-37(23)26-11-7-8-12-38-26/h4-6,9-10,13-16,18,26H,7-8,11-12H2,1-3H3. The van der Waals surface area contributed by atoms with E-state index in [0.717, 1.165) is 46.8 Å². The van der Waals surface area contributed by atoms with Crippen LogP contribution in [0.5, 0.6) is 0 Å². The fraction of sp³-hybridized carbons (Fsp3) is 0.345. The number of nitrogens with zero attached hydrogens (tertiary/aromatic N) is 5. The lowest BCUT2D eigenvalue weighted by atomic mass is 10.0. The number of hydrogen-bond donors (Lipinski definition) is 0. The van der Waals surface area contributed by atoms with Gasteiger partial charge in [0.2, 0.25) is 0 Å². The Balaban J connectivity index is 1.59. The van der Waals surface area contributed by atoms with E-state index in [1.165, 1.54) is 4.68 Å². The third-order valence-electron chi connectivity index (χ3n) is 7.42. The highest BCUT2D eigenvalue weighted by Crippen LogP contribution is 2.40. The van der Waals surface area contributed by atoms with Gasteiger partial charge in [0.05, 0.1) is 28.5 Å². The number of halogens is 3. The summed E-state index contributed by atoms with van der Waals surface area (Å²) in [5.74, 6) is 0.672. The third kappa shape index (κ3) is 4.52. The molecule has 0 bridgehead atoms. The minimum absolute atomic E-state index is 0.117. The minimum Gasteiger partial charge on any atom is -0.361 e. The van der Waals surface area contributed by atoms with Crippen molar-refractivity contribution >= 4 is 11.0 Å². The molecule has 0 spiro atoms.